The van der Waals surface area contributed by atoms with E-state index in [0.29, 0.717) is 0 Å². The van der Waals surface area contributed by atoms with Crippen molar-refractivity contribution in [3.05, 3.63) is 59.7 Å². The fourth-order valence-electron chi connectivity index (χ4n) is 3.54. The highest BCUT2D eigenvalue weighted by Gasteiger charge is 2.29. The maximum Gasteiger partial charge on any atom is 0.407 e. The zero-order valence-electron chi connectivity index (χ0n) is 16.5. The number of fused-ring (bicyclic) bond motifs is 3. The van der Waals surface area contributed by atoms with Gasteiger partial charge < -0.3 is 25.6 Å². The quantitative estimate of drug-likeness (QED) is 0.525. The van der Waals surface area contributed by atoms with E-state index in [1.54, 1.807) is 6.92 Å². The first-order valence-corrected chi connectivity index (χ1v) is 9.72. The number of carbonyl (C=O) groups excluding carboxylic acids is 2. The molecular weight excluding hydrogens is 388 g/mol. The van der Waals surface area contributed by atoms with Crippen molar-refractivity contribution in [2.75, 3.05) is 13.2 Å². The van der Waals surface area contributed by atoms with Crippen LogP contribution in [-0.2, 0) is 14.3 Å². The fourth-order valence-corrected chi connectivity index (χ4v) is 3.54. The van der Waals surface area contributed by atoms with Gasteiger partial charge in [-0.1, -0.05) is 55.5 Å². The number of carboxylic acids is 1. The van der Waals surface area contributed by atoms with E-state index in [0.717, 1.165) is 22.3 Å². The summed E-state index contributed by atoms with van der Waals surface area (Å²) in [6.45, 7) is 1.37. The van der Waals surface area contributed by atoms with E-state index in [4.69, 9.17) is 9.84 Å². The molecule has 2 amide bonds. The lowest BCUT2D eigenvalue weighted by molar-refractivity contribution is -0.146. The molecule has 0 aliphatic heterocycles. The Balaban J connectivity index is 1.59. The van der Waals surface area contributed by atoms with Crippen molar-refractivity contribution in [2.45, 2.75) is 31.4 Å². The number of ether oxygens (including phenoxy) is 1. The van der Waals surface area contributed by atoms with E-state index in [2.05, 4.69) is 10.6 Å². The van der Waals surface area contributed by atoms with Gasteiger partial charge in [-0.3, -0.25) is 4.79 Å². The lowest BCUT2D eigenvalue weighted by Crippen LogP contribution is -2.49. The van der Waals surface area contributed by atoms with E-state index < -0.39 is 36.7 Å². The zero-order valence-corrected chi connectivity index (χ0v) is 16.5. The molecule has 0 saturated heterocycles. The normalized spacial score (nSPS) is 14.2. The van der Waals surface area contributed by atoms with Crippen molar-refractivity contribution in [3.63, 3.8) is 0 Å². The molecule has 1 aliphatic carbocycles. The van der Waals surface area contributed by atoms with Gasteiger partial charge in [0.15, 0.2) is 6.10 Å². The topological polar surface area (TPSA) is 125 Å². The summed E-state index contributed by atoms with van der Waals surface area (Å²) in [4.78, 5) is 35.1. The van der Waals surface area contributed by atoms with Gasteiger partial charge >= 0.3 is 12.1 Å². The van der Waals surface area contributed by atoms with Crippen LogP contribution < -0.4 is 10.6 Å². The number of hydrogen-bond donors (Lipinski definition) is 4. The number of nitrogens with one attached hydrogen (secondary N) is 2. The molecule has 8 heteroatoms. The molecule has 1 unspecified atom stereocenters. The van der Waals surface area contributed by atoms with Gasteiger partial charge in [0.2, 0.25) is 5.91 Å². The largest absolute Gasteiger partial charge is 0.479 e. The second kappa shape index (κ2) is 9.41. The Morgan fingerprint density at radius 2 is 1.60 bits per heavy atom. The molecule has 0 bridgehead atoms. The van der Waals surface area contributed by atoms with Crippen molar-refractivity contribution in [1.29, 1.82) is 0 Å². The van der Waals surface area contributed by atoms with Crippen molar-refractivity contribution in [2.24, 2.45) is 0 Å². The summed E-state index contributed by atoms with van der Waals surface area (Å²) in [7, 11) is 0. The number of rotatable bonds is 8. The van der Waals surface area contributed by atoms with Crippen LogP contribution in [-0.4, -0.2) is 53.5 Å². The number of alkyl carbamates (subject to hydrolysis) is 1. The number of aliphatic hydroxyl groups excluding tert-OH is 1. The van der Waals surface area contributed by atoms with Crippen LogP contribution in [0.4, 0.5) is 4.79 Å². The minimum Gasteiger partial charge on any atom is -0.479 e. The third-order valence-corrected chi connectivity index (χ3v) is 5.12. The number of aliphatic hydroxyl groups is 1. The van der Waals surface area contributed by atoms with Crippen LogP contribution in [0.1, 0.15) is 30.4 Å². The molecular formula is C22H24N2O6. The molecule has 1 aliphatic rings. The molecule has 2 aromatic rings. The first-order chi connectivity index (χ1) is 14.4. The van der Waals surface area contributed by atoms with Gasteiger partial charge in [0.1, 0.15) is 12.6 Å². The van der Waals surface area contributed by atoms with Gasteiger partial charge in [0, 0.05) is 5.92 Å². The van der Waals surface area contributed by atoms with Gasteiger partial charge in [-0.25, -0.2) is 9.59 Å². The highest BCUT2D eigenvalue weighted by molar-refractivity contribution is 5.86. The average Bonchev–Trinajstić information content (AvgIpc) is 3.07. The highest BCUT2D eigenvalue weighted by Crippen LogP contribution is 2.44. The molecule has 2 atom stereocenters. The van der Waals surface area contributed by atoms with Gasteiger partial charge in [-0.15, -0.1) is 0 Å². The number of carboxylic acid groups (broad SMARTS) is 1. The lowest BCUT2D eigenvalue weighted by atomic mass is 9.98. The maximum atomic E-state index is 12.3. The Morgan fingerprint density at radius 1 is 1.03 bits per heavy atom. The van der Waals surface area contributed by atoms with Crippen LogP contribution >= 0.6 is 0 Å². The first kappa shape index (κ1) is 21.3. The van der Waals surface area contributed by atoms with Crippen LogP contribution in [0.2, 0.25) is 0 Å². The SMILES string of the molecule is CC[C@H](NC(=O)OCC1c2ccccc2-c2ccccc21)C(=O)NCC(O)C(=O)O. The number of amides is 2. The Kier molecular flexibility index (Phi) is 6.68. The molecule has 0 heterocycles. The van der Waals surface area contributed by atoms with Crippen molar-refractivity contribution < 1.29 is 29.3 Å². The fraction of sp³-hybridized carbons (Fsp3) is 0.318. The zero-order chi connectivity index (χ0) is 21.7. The predicted octanol–water partition coefficient (Wildman–Crippen LogP) is 1.87. The standard InChI is InChI=1S/C22H24N2O6/c1-2-18(20(26)23-11-19(25)21(27)28)24-22(29)30-12-17-15-9-5-3-7-13(15)14-8-4-6-10-16(14)17/h3-10,17-19,25H,2,11-12H2,1H3,(H,23,26)(H,24,29)(H,27,28)/t18-,19?/m0/s1. The molecule has 158 valence electrons. The van der Waals surface area contributed by atoms with Crippen molar-refractivity contribution >= 4 is 18.0 Å². The number of benzene rings is 2. The summed E-state index contributed by atoms with van der Waals surface area (Å²) in [6, 6.07) is 15.0. The molecule has 30 heavy (non-hydrogen) atoms. The summed E-state index contributed by atoms with van der Waals surface area (Å²) < 4.78 is 5.41. The Morgan fingerprint density at radius 3 is 2.13 bits per heavy atom. The smallest absolute Gasteiger partial charge is 0.407 e. The summed E-state index contributed by atoms with van der Waals surface area (Å²) in [5.41, 5.74) is 4.40. The Labute approximate surface area is 173 Å². The second-order valence-corrected chi connectivity index (χ2v) is 7.03. The van der Waals surface area contributed by atoms with Crippen LogP contribution in [0.5, 0.6) is 0 Å². The molecule has 4 N–H and O–H groups in total. The molecule has 0 radical (unpaired) electrons. The summed E-state index contributed by atoms with van der Waals surface area (Å²) in [6.07, 6.45) is -2.17. The van der Waals surface area contributed by atoms with Crippen molar-refractivity contribution in [1.82, 2.24) is 10.6 Å². The van der Waals surface area contributed by atoms with E-state index in [9.17, 15) is 19.5 Å². The van der Waals surface area contributed by atoms with Crippen LogP contribution in [0.3, 0.4) is 0 Å². The van der Waals surface area contributed by atoms with E-state index >= 15 is 0 Å². The monoisotopic (exact) mass is 412 g/mol. The average molecular weight is 412 g/mol. The van der Waals surface area contributed by atoms with E-state index in [1.165, 1.54) is 0 Å². The third-order valence-electron chi connectivity index (χ3n) is 5.12. The van der Waals surface area contributed by atoms with E-state index in [-0.39, 0.29) is 18.9 Å². The van der Waals surface area contributed by atoms with Gasteiger partial charge in [-0.05, 0) is 28.7 Å². The molecule has 2 aromatic carbocycles. The molecule has 3 rings (SSSR count). The van der Waals surface area contributed by atoms with Crippen LogP contribution in [0.15, 0.2) is 48.5 Å². The number of hydrogen-bond acceptors (Lipinski definition) is 5. The van der Waals surface area contributed by atoms with Crippen LogP contribution in [0.25, 0.3) is 11.1 Å². The van der Waals surface area contributed by atoms with Gasteiger partial charge in [0.25, 0.3) is 0 Å². The minimum absolute atomic E-state index is 0.0947. The molecule has 0 fully saturated rings. The van der Waals surface area contributed by atoms with Gasteiger partial charge in [0.05, 0.1) is 6.54 Å². The summed E-state index contributed by atoms with van der Waals surface area (Å²) >= 11 is 0. The number of aliphatic carboxylic acids is 1. The first-order valence-electron chi connectivity index (χ1n) is 9.72. The lowest BCUT2D eigenvalue weighted by Gasteiger charge is -2.19. The minimum atomic E-state index is -1.71. The highest BCUT2D eigenvalue weighted by atomic mass is 16.5. The Bertz CT molecular complexity index is 899. The predicted molar refractivity (Wildman–Crippen MR) is 109 cm³/mol. The molecule has 0 spiro atoms. The third kappa shape index (κ3) is 4.60. The van der Waals surface area contributed by atoms with E-state index in [1.807, 2.05) is 48.5 Å². The second-order valence-electron chi connectivity index (χ2n) is 7.03. The summed E-state index contributed by atoms with van der Waals surface area (Å²) in [5, 5.41) is 22.7. The molecule has 8 nitrogen and oxygen atoms in total. The maximum absolute atomic E-state index is 12.3. The van der Waals surface area contributed by atoms with Gasteiger partial charge in [-0.2, -0.15) is 0 Å². The Hall–Kier alpha value is -3.39. The molecule has 0 saturated carbocycles. The van der Waals surface area contributed by atoms with Crippen molar-refractivity contribution in [3.8, 4) is 11.1 Å². The van der Waals surface area contributed by atoms with Crippen LogP contribution in [0, 0.1) is 0 Å². The summed E-state index contributed by atoms with van der Waals surface area (Å²) in [5.74, 6) is -2.12. The number of carbonyl (C=O) groups is 3. The molecule has 0 aromatic heterocycles.